The van der Waals surface area contributed by atoms with Gasteiger partial charge in [0.1, 0.15) is 23.3 Å². The molecule has 3 unspecified atom stereocenters. The van der Waals surface area contributed by atoms with E-state index in [2.05, 4.69) is 0 Å². The predicted octanol–water partition coefficient (Wildman–Crippen LogP) is 6.18. The molecule has 0 aliphatic carbocycles. The summed E-state index contributed by atoms with van der Waals surface area (Å²) in [6.45, 7) is 15.7. The van der Waals surface area contributed by atoms with E-state index in [9.17, 15) is 24.3 Å². The van der Waals surface area contributed by atoms with Crippen LogP contribution < -0.4 is 15.2 Å². The summed E-state index contributed by atoms with van der Waals surface area (Å²) < 4.78 is 31.8. The van der Waals surface area contributed by atoms with Crippen molar-refractivity contribution in [2.45, 2.75) is 111 Å². The number of carbonyl (C=O) groups excluding carboxylic acids is 3. The van der Waals surface area contributed by atoms with Crippen LogP contribution >= 0.6 is 0 Å². The van der Waals surface area contributed by atoms with Crippen LogP contribution in [0.25, 0.3) is 0 Å². The van der Waals surface area contributed by atoms with E-state index in [1.54, 1.807) is 41.5 Å². The summed E-state index contributed by atoms with van der Waals surface area (Å²) in [7, 11) is 0. The van der Waals surface area contributed by atoms with Crippen molar-refractivity contribution in [2.75, 3.05) is 6.61 Å². The molecule has 12 heteroatoms. The predicted molar refractivity (Wildman–Crippen MR) is 149 cm³/mol. The van der Waals surface area contributed by atoms with E-state index < -0.39 is 59.6 Å². The molecule has 0 aliphatic heterocycles. The second kappa shape index (κ2) is 15.5. The molecular weight excluding hydrogens is 538 g/mol. The summed E-state index contributed by atoms with van der Waals surface area (Å²) in [6.07, 6.45) is -2.19. The van der Waals surface area contributed by atoms with Gasteiger partial charge < -0.3 is 39.3 Å². The van der Waals surface area contributed by atoms with E-state index in [-0.39, 0.29) is 18.1 Å². The fourth-order valence-electron chi connectivity index (χ4n) is 3.47. The second-order valence-corrected chi connectivity index (χ2v) is 11.0. The molecule has 0 amide bonds. The molecule has 0 saturated heterocycles. The van der Waals surface area contributed by atoms with Crippen molar-refractivity contribution in [3.63, 3.8) is 0 Å². The lowest BCUT2D eigenvalue weighted by atomic mass is 9.79. The maximum absolute atomic E-state index is 12.7. The summed E-state index contributed by atoms with van der Waals surface area (Å²) in [5, 5.41) is 9.77. The highest BCUT2D eigenvalue weighted by Crippen LogP contribution is 2.38. The van der Waals surface area contributed by atoms with Crippen LogP contribution in [-0.2, 0) is 23.7 Å². The van der Waals surface area contributed by atoms with Gasteiger partial charge in [0, 0.05) is 11.8 Å². The third kappa shape index (κ3) is 11.5. The van der Waals surface area contributed by atoms with Crippen molar-refractivity contribution < 1.29 is 52.7 Å². The Hall–Kier alpha value is -3.54. The number of aliphatic carboxylic acids is 1. The normalized spacial score (nSPS) is 14.6. The number of carboxylic acids is 1. The molecule has 0 bridgehead atoms. The van der Waals surface area contributed by atoms with Crippen molar-refractivity contribution in [1.82, 2.24) is 0 Å². The largest absolute Gasteiger partial charge is 0.514 e. The van der Waals surface area contributed by atoms with Gasteiger partial charge in [-0.15, -0.1) is 0 Å². The van der Waals surface area contributed by atoms with E-state index in [1.807, 2.05) is 20.8 Å². The Morgan fingerprint density at radius 3 is 1.83 bits per heavy atom. The zero-order chi connectivity index (χ0) is 31.5. The van der Waals surface area contributed by atoms with Crippen molar-refractivity contribution in [2.24, 2.45) is 11.7 Å². The third-order valence-corrected chi connectivity index (χ3v) is 6.85. The maximum atomic E-state index is 12.7. The minimum Gasteiger partial charge on any atom is -0.480 e. The molecule has 1 aromatic carbocycles. The zero-order valence-electron chi connectivity index (χ0n) is 25.5. The molecule has 1 rings (SSSR count). The van der Waals surface area contributed by atoms with Crippen molar-refractivity contribution >= 4 is 24.4 Å². The molecule has 0 saturated carbocycles. The Morgan fingerprint density at radius 2 is 1.37 bits per heavy atom. The van der Waals surface area contributed by atoms with Crippen LogP contribution in [0.4, 0.5) is 14.4 Å². The second-order valence-electron chi connectivity index (χ2n) is 11.0. The van der Waals surface area contributed by atoms with E-state index in [0.29, 0.717) is 24.8 Å². The lowest BCUT2D eigenvalue weighted by Crippen LogP contribution is -2.42. The molecule has 0 heterocycles. The number of nitrogens with two attached hydrogens (primary N) is 1. The average Bonchev–Trinajstić information content (AvgIpc) is 2.88. The van der Waals surface area contributed by atoms with Crippen LogP contribution in [0.1, 0.15) is 93.1 Å². The zero-order valence-corrected chi connectivity index (χ0v) is 25.5. The standard InChI is InChI=1S/C29H45NO11/c1-10-15-36-25(33)37-18(5)17(4)22(23(30)24(31)32)19-13-14-20(38-26(34)40-28(6,7)11-2)21(16-19)39-27(35)41-29(8,9)12-3/h13-14,16-18,22-23H,10-12,15,30H2,1-9H3,(H,31,32)/t17?,18?,22?,23-/m0/s1. The van der Waals surface area contributed by atoms with Crippen LogP contribution in [0.2, 0.25) is 0 Å². The number of hydrogen-bond donors (Lipinski definition) is 2. The van der Waals surface area contributed by atoms with Gasteiger partial charge in [0.15, 0.2) is 11.5 Å². The van der Waals surface area contributed by atoms with Gasteiger partial charge in [-0.05, 0) is 71.6 Å². The lowest BCUT2D eigenvalue weighted by molar-refractivity contribution is -0.139. The summed E-state index contributed by atoms with van der Waals surface area (Å²) in [6, 6.07) is 2.70. The van der Waals surface area contributed by atoms with Crippen molar-refractivity contribution in [1.29, 1.82) is 0 Å². The molecule has 0 fully saturated rings. The number of ether oxygens (including phenoxy) is 6. The lowest BCUT2D eigenvalue weighted by Gasteiger charge is -2.31. The highest BCUT2D eigenvalue weighted by molar-refractivity contribution is 5.75. The van der Waals surface area contributed by atoms with E-state index >= 15 is 0 Å². The Labute approximate surface area is 241 Å². The smallest absolute Gasteiger partial charge is 0.480 e. The van der Waals surface area contributed by atoms with Crippen LogP contribution in [0.3, 0.4) is 0 Å². The molecule has 0 radical (unpaired) electrons. The minimum atomic E-state index is -1.44. The summed E-state index contributed by atoms with van der Waals surface area (Å²) >= 11 is 0. The summed E-state index contributed by atoms with van der Waals surface area (Å²) in [5.74, 6) is -3.28. The Bertz CT molecular complexity index is 1050. The SMILES string of the molecule is CCCOC(=O)OC(C)C(C)C(c1ccc(OC(=O)OC(C)(C)CC)c(OC(=O)OC(C)(C)CC)c1)[C@H](N)C(=O)O. The van der Waals surface area contributed by atoms with Gasteiger partial charge in [-0.1, -0.05) is 33.8 Å². The summed E-state index contributed by atoms with van der Waals surface area (Å²) in [5.41, 5.74) is 4.75. The molecule has 4 atom stereocenters. The number of rotatable bonds is 14. The first-order valence-corrected chi connectivity index (χ1v) is 13.7. The van der Waals surface area contributed by atoms with Crippen LogP contribution in [0, 0.1) is 5.92 Å². The topological polar surface area (TPSA) is 170 Å². The van der Waals surface area contributed by atoms with Gasteiger partial charge >= 0.3 is 24.4 Å². The molecule has 0 spiro atoms. The van der Waals surface area contributed by atoms with Gasteiger partial charge in [0.25, 0.3) is 0 Å². The number of hydrogen-bond acceptors (Lipinski definition) is 11. The fourth-order valence-corrected chi connectivity index (χ4v) is 3.47. The van der Waals surface area contributed by atoms with E-state index in [0.717, 1.165) is 0 Å². The Balaban J connectivity index is 3.50. The van der Waals surface area contributed by atoms with Gasteiger partial charge in [-0.2, -0.15) is 0 Å². The Kier molecular flexibility index (Phi) is 13.4. The van der Waals surface area contributed by atoms with Gasteiger partial charge in [-0.25, -0.2) is 14.4 Å². The van der Waals surface area contributed by atoms with Crippen LogP contribution in [0.15, 0.2) is 18.2 Å². The average molecular weight is 584 g/mol. The van der Waals surface area contributed by atoms with Gasteiger partial charge in [-0.3, -0.25) is 4.79 Å². The molecule has 3 N–H and O–H groups in total. The molecular formula is C29H45NO11. The highest BCUT2D eigenvalue weighted by atomic mass is 16.8. The maximum Gasteiger partial charge on any atom is 0.514 e. The van der Waals surface area contributed by atoms with Gasteiger partial charge in [0.2, 0.25) is 0 Å². The first-order valence-electron chi connectivity index (χ1n) is 13.7. The molecule has 232 valence electrons. The number of carboxylic acid groups (broad SMARTS) is 1. The van der Waals surface area contributed by atoms with E-state index in [1.165, 1.54) is 18.2 Å². The quantitative estimate of drug-likeness (QED) is 0.145. The van der Waals surface area contributed by atoms with Gasteiger partial charge in [0.05, 0.1) is 6.61 Å². The monoisotopic (exact) mass is 583 g/mol. The van der Waals surface area contributed by atoms with E-state index in [4.69, 9.17) is 34.2 Å². The highest BCUT2D eigenvalue weighted by Gasteiger charge is 2.36. The first-order chi connectivity index (χ1) is 19.0. The van der Waals surface area contributed by atoms with Crippen molar-refractivity contribution in [3.8, 4) is 11.5 Å². The molecule has 12 nitrogen and oxygen atoms in total. The Morgan fingerprint density at radius 1 is 0.854 bits per heavy atom. The number of benzene rings is 1. The molecule has 1 aromatic rings. The fraction of sp³-hybridized carbons (Fsp3) is 0.655. The first kappa shape index (κ1) is 35.5. The summed E-state index contributed by atoms with van der Waals surface area (Å²) in [4.78, 5) is 49.2. The van der Waals surface area contributed by atoms with Crippen LogP contribution in [-0.4, -0.2) is 59.5 Å². The third-order valence-electron chi connectivity index (χ3n) is 6.85. The minimum absolute atomic E-state index is 0.167. The molecule has 41 heavy (non-hydrogen) atoms. The number of carbonyl (C=O) groups is 4. The van der Waals surface area contributed by atoms with Crippen LogP contribution in [0.5, 0.6) is 11.5 Å². The molecule has 0 aromatic heterocycles. The van der Waals surface area contributed by atoms with Crippen molar-refractivity contribution in [3.05, 3.63) is 23.8 Å². The molecule has 0 aliphatic rings.